The molecule has 0 aliphatic carbocycles. The molecule has 0 atom stereocenters. The Balaban J connectivity index is 1.09. The monoisotopic (exact) mass is 939 g/mol. The highest BCUT2D eigenvalue weighted by molar-refractivity contribution is 6.09. The van der Waals surface area contributed by atoms with Crippen LogP contribution in [-0.4, -0.2) is 15.6 Å². The van der Waals surface area contributed by atoms with E-state index in [4.69, 9.17) is 9.72 Å². The van der Waals surface area contributed by atoms with Gasteiger partial charge in [0.2, 0.25) is 11.4 Å². The number of halogens is 2. The number of aromatic nitrogens is 2. The second-order valence-electron chi connectivity index (χ2n) is 19.0. The Kier molecular flexibility index (Phi) is 11.0. The topological polar surface area (TPSA) is 36.3 Å². The molecule has 0 fully saturated rings. The van der Waals surface area contributed by atoms with Gasteiger partial charge in [-0.15, -0.1) is 0 Å². The zero-order valence-corrected chi connectivity index (χ0v) is 39.8. The van der Waals surface area contributed by atoms with Crippen LogP contribution >= 0.6 is 0 Å². The molecule has 2 aromatic heterocycles. The number of rotatable bonds is 10. The van der Waals surface area contributed by atoms with Crippen molar-refractivity contribution in [3.05, 3.63) is 248 Å². The highest BCUT2D eigenvalue weighted by Crippen LogP contribution is 2.47. The molecule has 11 aromatic rings. The number of benzene rings is 9. The standard InChI is InChI=1S/C64H47F2N5O/c1-64(2,3)45-32-33-67-62(36-45)71-58-27-14-13-24-56(58)57-31-30-52(41-61(57)71)72-53-39-50(38-51(40-53)70(48-20-9-5-10-21-48)49-22-11-6-12-23-49)68-42-69(60-29-16-15-28-59(60)68)63-54(43-18-7-4-8-19-43)25-17-26-55(63)44-34-46(65)37-47(66)35-44/h4-41H,1-3H3/q+2. The van der Waals surface area contributed by atoms with Crippen molar-refractivity contribution in [2.24, 2.45) is 0 Å². The van der Waals surface area contributed by atoms with Gasteiger partial charge in [-0.3, -0.25) is 4.57 Å². The molecule has 0 bridgehead atoms. The lowest BCUT2D eigenvalue weighted by Gasteiger charge is -2.25. The molecule has 346 valence electrons. The van der Waals surface area contributed by atoms with Gasteiger partial charge in [0, 0.05) is 64.7 Å². The second-order valence-corrected chi connectivity index (χ2v) is 19.0. The molecule has 0 unspecified atom stereocenters. The predicted octanol–water partition coefficient (Wildman–Crippen LogP) is 17.2. The average molecular weight is 940 g/mol. The van der Waals surface area contributed by atoms with E-state index in [2.05, 4.69) is 127 Å². The summed E-state index contributed by atoms with van der Waals surface area (Å²) in [6, 6.07) is 77.2. The van der Waals surface area contributed by atoms with E-state index in [0.717, 1.165) is 84.6 Å². The molecule has 1 aliphatic rings. The molecule has 6 nitrogen and oxygen atoms in total. The summed E-state index contributed by atoms with van der Waals surface area (Å²) in [5, 5.41) is 2.21. The second kappa shape index (κ2) is 17.9. The van der Waals surface area contributed by atoms with E-state index in [-0.39, 0.29) is 5.41 Å². The summed E-state index contributed by atoms with van der Waals surface area (Å²) in [4.78, 5) is 7.13. The highest BCUT2D eigenvalue weighted by atomic mass is 19.1. The van der Waals surface area contributed by atoms with E-state index in [1.165, 1.54) is 17.7 Å². The number of para-hydroxylation sites is 6. The van der Waals surface area contributed by atoms with E-state index >= 15 is 8.78 Å². The summed E-state index contributed by atoms with van der Waals surface area (Å²) in [6.45, 7) is 6.65. The van der Waals surface area contributed by atoms with E-state index < -0.39 is 11.6 Å². The SMILES string of the molecule is CC(C)(C)c1ccnc(-n2c3ccccc3c3ccc(Oc4cc(N(c5ccccc5)c5ccccc5)cc([N+]5=C=[N+](c6c(-c7ccccc7)cccc6-c6cc(F)cc(F)c6)c6ccccc65)c4)cc32)c1. The number of fused-ring (bicyclic) bond motifs is 4. The van der Waals surface area contributed by atoms with Crippen molar-refractivity contribution >= 4 is 67.6 Å². The lowest BCUT2D eigenvalue weighted by atomic mass is 9.88. The minimum atomic E-state index is -0.657. The van der Waals surface area contributed by atoms with E-state index in [0.29, 0.717) is 22.6 Å². The van der Waals surface area contributed by atoms with E-state index in [1.807, 2.05) is 131 Å². The molecule has 0 amide bonds. The largest absolute Gasteiger partial charge is 0.503 e. The van der Waals surface area contributed by atoms with Gasteiger partial charge in [0.05, 0.1) is 33.9 Å². The molecule has 0 saturated carbocycles. The lowest BCUT2D eigenvalue weighted by Crippen LogP contribution is -2.12. The Morgan fingerprint density at radius 2 is 1.11 bits per heavy atom. The van der Waals surface area contributed by atoms with Gasteiger partial charge in [-0.1, -0.05) is 124 Å². The van der Waals surface area contributed by atoms with Crippen LogP contribution in [0.1, 0.15) is 26.3 Å². The molecule has 12 rings (SSSR count). The first-order chi connectivity index (χ1) is 35.1. The van der Waals surface area contributed by atoms with Gasteiger partial charge in [-0.05, 0) is 110 Å². The number of hydrogen-bond acceptors (Lipinski definition) is 3. The summed E-state index contributed by atoms with van der Waals surface area (Å²) in [5.74, 6) is 0.755. The number of pyridine rings is 1. The molecule has 1 aliphatic heterocycles. The van der Waals surface area contributed by atoms with Crippen LogP contribution in [0, 0.1) is 11.6 Å². The summed E-state index contributed by atoms with van der Waals surface area (Å²) < 4.78 is 43.5. The van der Waals surface area contributed by atoms with Crippen molar-refractivity contribution in [2.75, 3.05) is 4.90 Å². The van der Waals surface area contributed by atoms with Crippen molar-refractivity contribution in [3.63, 3.8) is 0 Å². The van der Waals surface area contributed by atoms with E-state index in [1.54, 1.807) is 0 Å². The van der Waals surface area contributed by atoms with Crippen molar-refractivity contribution in [2.45, 2.75) is 26.2 Å². The van der Waals surface area contributed by atoms with Crippen LogP contribution in [0.25, 0.3) is 49.9 Å². The molecule has 0 radical (unpaired) electrons. The molecule has 0 spiro atoms. The number of ether oxygens (including phenoxy) is 1. The number of nitrogens with zero attached hydrogens (tertiary/aromatic N) is 5. The minimum Gasteiger partial charge on any atom is -0.457 e. The molecule has 72 heavy (non-hydrogen) atoms. The molecule has 0 N–H and O–H groups in total. The quantitative estimate of drug-likeness (QED) is 0.128. The average Bonchev–Trinajstić information content (AvgIpc) is 3.95. The summed E-state index contributed by atoms with van der Waals surface area (Å²) in [6.07, 6.45) is 1.89. The molecular formula is C64H47F2N5O+2. The maximum atomic E-state index is 15.1. The van der Waals surface area contributed by atoms with Crippen LogP contribution in [0.15, 0.2) is 231 Å². The first-order valence-corrected chi connectivity index (χ1v) is 24.0. The van der Waals surface area contributed by atoms with Gasteiger partial charge in [-0.2, -0.15) is 0 Å². The van der Waals surface area contributed by atoms with Crippen molar-refractivity contribution in [1.29, 1.82) is 0 Å². The highest BCUT2D eigenvalue weighted by Gasteiger charge is 2.40. The van der Waals surface area contributed by atoms with Gasteiger partial charge < -0.3 is 9.64 Å². The van der Waals surface area contributed by atoms with Crippen LogP contribution in [-0.2, 0) is 5.41 Å². The predicted molar refractivity (Wildman–Crippen MR) is 290 cm³/mol. The van der Waals surface area contributed by atoms with Crippen molar-refractivity contribution in [3.8, 4) is 39.6 Å². The Hall–Kier alpha value is -9.23. The van der Waals surface area contributed by atoms with Crippen molar-refractivity contribution in [1.82, 2.24) is 18.7 Å². The van der Waals surface area contributed by atoms with Gasteiger partial charge in [0.1, 0.15) is 29.0 Å². The Morgan fingerprint density at radius 1 is 0.500 bits per heavy atom. The lowest BCUT2D eigenvalue weighted by molar-refractivity contribution is 0.483. The molecule has 9 aromatic carbocycles. The van der Waals surface area contributed by atoms with Gasteiger partial charge >= 0.3 is 6.01 Å². The minimum absolute atomic E-state index is 0.0726. The smallest absolute Gasteiger partial charge is 0.457 e. The fourth-order valence-electron chi connectivity index (χ4n) is 9.89. The summed E-state index contributed by atoms with van der Waals surface area (Å²) >= 11 is 0. The Morgan fingerprint density at radius 3 is 1.81 bits per heavy atom. The van der Waals surface area contributed by atoms with E-state index in [9.17, 15) is 0 Å². The third-order valence-corrected chi connectivity index (χ3v) is 13.2. The maximum Gasteiger partial charge on any atom is 0.503 e. The van der Waals surface area contributed by atoms with Crippen LogP contribution in [0.5, 0.6) is 11.5 Å². The molecular weight excluding hydrogens is 893 g/mol. The first-order valence-electron chi connectivity index (χ1n) is 24.0. The fourth-order valence-corrected chi connectivity index (χ4v) is 9.89. The Bertz CT molecular complexity index is 3890. The zero-order valence-electron chi connectivity index (χ0n) is 39.8. The van der Waals surface area contributed by atoms with Gasteiger partial charge in [-0.25, -0.2) is 13.8 Å². The third kappa shape index (κ3) is 8.09. The summed E-state index contributed by atoms with van der Waals surface area (Å²) in [7, 11) is 0. The van der Waals surface area contributed by atoms with Crippen LogP contribution < -0.4 is 18.8 Å². The maximum absolute atomic E-state index is 15.1. The molecule has 8 heteroatoms. The first kappa shape index (κ1) is 44.0. The summed E-state index contributed by atoms with van der Waals surface area (Å²) in [5.41, 5.74) is 11.9. The van der Waals surface area contributed by atoms with Crippen molar-refractivity contribution < 1.29 is 13.5 Å². The number of anilines is 3. The third-order valence-electron chi connectivity index (χ3n) is 13.2. The van der Waals surface area contributed by atoms with Gasteiger partial charge in [0.25, 0.3) is 11.4 Å². The molecule has 3 heterocycles. The molecule has 0 saturated heterocycles. The van der Waals surface area contributed by atoms with Crippen LogP contribution in [0.2, 0.25) is 0 Å². The fraction of sp³-hybridized carbons (Fsp3) is 0.0625. The Labute approximate surface area is 416 Å². The van der Waals surface area contributed by atoms with Crippen LogP contribution in [0.4, 0.5) is 48.6 Å². The zero-order chi connectivity index (χ0) is 48.9. The number of hydrogen-bond donors (Lipinski definition) is 0. The van der Waals surface area contributed by atoms with Gasteiger partial charge in [0.15, 0.2) is 0 Å². The normalized spacial score (nSPS) is 12.2. The van der Waals surface area contributed by atoms with Crippen LogP contribution in [0.3, 0.4) is 0 Å².